The number of aliphatic hydroxyl groups excluding tert-OH is 2. The molecule has 0 radical (unpaired) electrons. The Bertz CT molecular complexity index is 172. The zero-order chi connectivity index (χ0) is 14.2. The summed E-state index contributed by atoms with van der Waals surface area (Å²) in [6.07, 6.45) is -0.814. The fourth-order valence-corrected chi connectivity index (χ4v) is 1.11. The molecule has 0 aliphatic rings. The van der Waals surface area contributed by atoms with Crippen LogP contribution in [0.15, 0.2) is 0 Å². The Balaban J connectivity index is 2.95. The summed E-state index contributed by atoms with van der Waals surface area (Å²) in [6, 6.07) is 0. The maximum absolute atomic E-state index is 8.98. The van der Waals surface area contributed by atoms with Gasteiger partial charge in [-0.2, -0.15) is 0 Å². The van der Waals surface area contributed by atoms with Crippen molar-refractivity contribution in [3.63, 3.8) is 0 Å². The third kappa shape index (κ3) is 15.7. The molecule has 0 saturated carbocycles. The van der Waals surface area contributed by atoms with E-state index in [2.05, 4.69) is 5.32 Å². The maximum atomic E-state index is 8.98. The lowest BCUT2D eigenvalue weighted by Gasteiger charge is -2.09. The average molecular weight is 281 g/mol. The fourth-order valence-electron chi connectivity index (χ4n) is 1.11. The molecule has 0 amide bonds. The molecular weight excluding hydrogens is 254 g/mol. The van der Waals surface area contributed by atoms with E-state index in [-0.39, 0.29) is 13.2 Å². The molecule has 0 fully saturated rings. The van der Waals surface area contributed by atoms with Gasteiger partial charge in [-0.25, -0.2) is 0 Å². The van der Waals surface area contributed by atoms with Crippen molar-refractivity contribution in [2.24, 2.45) is 0 Å². The summed E-state index contributed by atoms with van der Waals surface area (Å²) < 4.78 is 20.9. The van der Waals surface area contributed by atoms with Crippen molar-refractivity contribution in [3.05, 3.63) is 0 Å². The number of likely N-dealkylation sites (N-methyl/N-ethyl adjacent to an activating group) is 1. The molecule has 0 aliphatic carbocycles. The third-order valence-corrected chi connectivity index (χ3v) is 2.13. The van der Waals surface area contributed by atoms with Gasteiger partial charge in [-0.3, -0.25) is 0 Å². The van der Waals surface area contributed by atoms with E-state index in [4.69, 9.17) is 29.2 Å². The molecule has 7 heteroatoms. The minimum Gasteiger partial charge on any atom is -0.394 e. The van der Waals surface area contributed by atoms with Crippen LogP contribution in [0.3, 0.4) is 0 Å². The number of hydrogen-bond donors (Lipinski definition) is 3. The van der Waals surface area contributed by atoms with Crippen LogP contribution in [-0.2, 0) is 18.9 Å². The van der Waals surface area contributed by atoms with Crippen LogP contribution in [0.4, 0.5) is 0 Å². The van der Waals surface area contributed by atoms with E-state index in [1.54, 1.807) is 0 Å². The van der Waals surface area contributed by atoms with Crippen LogP contribution in [0.2, 0.25) is 0 Å². The molecule has 0 aliphatic heterocycles. The first kappa shape index (κ1) is 18.7. The first-order valence-electron chi connectivity index (χ1n) is 6.55. The van der Waals surface area contributed by atoms with Gasteiger partial charge in [-0.05, 0) is 7.05 Å². The third-order valence-electron chi connectivity index (χ3n) is 2.13. The summed E-state index contributed by atoms with van der Waals surface area (Å²) in [5.74, 6) is 0. The van der Waals surface area contributed by atoms with E-state index in [0.717, 1.165) is 6.54 Å². The Labute approximate surface area is 114 Å². The number of hydrogen-bond acceptors (Lipinski definition) is 7. The van der Waals surface area contributed by atoms with E-state index in [9.17, 15) is 0 Å². The second kappa shape index (κ2) is 15.8. The predicted octanol–water partition coefficient (Wildman–Crippen LogP) is -1.37. The van der Waals surface area contributed by atoms with Crippen LogP contribution in [0.25, 0.3) is 0 Å². The molecule has 1 atom stereocenters. The lowest BCUT2D eigenvalue weighted by molar-refractivity contribution is -0.0265. The second-order valence-electron chi connectivity index (χ2n) is 3.85. The molecule has 3 N–H and O–H groups in total. The van der Waals surface area contributed by atoms with E-state index in [1.807, 2.05) is 7.05 Å². The Morgan fingerprint density at radius 3 is 1.79 bits per heavy atom. The molecule has 0 heterocycles. The van der Waals surface area contributed by atoms with Crippen molar-refractivity contribution in [3.8, 4) is 0 Å². The summed E-state index contributed by atoms with van der Waals surface area (Å²) in [4.78, 5) is 0. The number of ether oxygens (including phenoxy) is 4. The minimum atomic E-state index is -0.814. The number of rotatable bonds is 15. The summed E-state index contributed by atoms with van der Waals surface area (Å²) in [5.41, 5.74) is 0. The lowest BCUT2D eigenvalue weighted by Crippen LogP contribution is -2.21. The van der Waals surface area contributed by atoms with Gasteiger partial charge < -0.3 is 34.5 Å². The quantitative estimate of drug-likeness (QED) is 0.319. The van der Waals surface area contributed by atoms with Crippen molar-refractivity contribution in [2.75, 3.05) is 73.1 Å². The molecule has 0 spiro atoms. The van der Waals surface area contributed by atoms with Gasteiger partial charge in [0.25, 0.3) is 0 Å². The Morgan fingerprint density at radius 2 is 1.32 bits per heavy atom. The fraction of sp³-hybridized carbons (Fsp3) is 1.00. The first-order valence-corrected chi connectivity index (χ1v) is 6.55. The van der Waals surface area contributed by atoms with E-state index < -0.39 is 6.10 Å². The molecule has 0 bridgehead atoms. The Hall–Kier alpha value is -0.280. The van der Waals surface area contributed by atoms with Crippen molar-refractivity contribution >= 4 is 0 Å². The predicted molar refractivity (Wildman–Crippen MR) is 70.3 cm³/mol. The monoisotopic (exact) mass is 281 g/mol. The van der Waals surface area contributed by atoms with Crippen LogP contribution in [0, 0.1) is 0 Å². The Kier molecular flexibility index (Phi) is 15.5. The van der Waals surface area contributed by atoms with Crippen molar-refractivity contribution in [1.82, 2.24) is 5.32 Å². The minimum absolute atomic E-state index is 0.125. The molecule has 1 unspecified atom stereocenters. The zero-order valence-electron chi connectivity index (χ0n) is 11.7. The van der Waals surface area contributed by atoms with Crippen LogP contribution in [0.5, 0.6) is 0 Å². The van der Waals surface area contributed by atoms with Crippen molar-refractivity contribution in [2.45, 2.75) is 6.10 Å². The highest BCUT2D eigenvalue weighted by Crippen LogP contribution is 1.85. The van der Waals surface area contributed by atoms with E-state index >= 15 is 0 Å². The van der Waals surface area contributed by atoms with Crippen molar-refractivity contribution in [1.29, 1.82) is 0 Å². The molecule has 0 aromatic heterocycles. The summed E-state index contributed by atoms with van der Waals surface area (Å²) in [6.45, 7) is 4.38. The smallest absolute Gasteiger partial charge is 0.100 e. The molecule has 116 valence electrons. The lowest BCUT2D eigenvalue weighted by atomic mass is 10.4. The SMILES string of the molecule is CNCCOCCOCCOCCOCC(O)CO. The molecular formula is C12H27NO6. The molecule has 19 heavy (non-hydrogen) atoms. The van der Waals surface area contributed by atoms with Gasteiger partial charge in [0.2, 0.25) is 0 Å². The van der Waals surface area contributed by atoms with Crippen molar-refractivity contribution < 1.29 is 29.2 Å². The highest BCUT2D eigenvalue weighted by atomic mass is 16.6. The highest BCUT2D eigenvalue weighted by Gasteiger charge is 2.00. The molecule has 0 aromatic rings. The topological polar surface area (TPSA) is 89.4 Å². The molecule has 0 rings (SSSR count). The van der Waals surface area contributed by atoms with Crippen LogP contribution in [0.1, 0.15) is 0 Å². The average Bonchev–Trinajstić information content (AvgIpc) is 2.43. The van der Waals surface area contributed by atoms with Crippen LogP contribution in [-0.4, -0.2) is 89.4 Å². The molecule has 0 aromatic carbocycles. The van der Waals surface area contributed by atoms with Gasteiger partial charge in [0, 0.05) is 6.54 Å². The molecule has 7 nitrogen and oxygen atoms in total. The summed E-state index contributed by atoms with van der Waals surface area (Å²) >= 11 is 0. The van der Waals surface area contributed by atoms with Crippen LogP contribution >= 0.6 is 0 Å². The maximum Gasteiger partial charge on any atom is 0.100 e. The second-order valence-corrected chi connectivity index (χ2v) is 3.85. The van der Waals surface area contributed by atoms with Gasteiger partial charge >= 0.3 is 0 Å². The summed E-state index contributed by atoms with van der Waals surface area (Å²) in [5, 5.41) is 20.5. The van der Waals surface area contributed by atoms with Crippen LogP contribution < -0.4 is 5.32 Å². The number of aliphatic hydroxyl groups is 2. The van der Waals surface area contributed by atoms with Gasteiger partial charge in [0.15, 0.2) is 0 Å². The standard InChI is InChI=1S/C12H27NO6/c1-13-2-3-16-4-5-17-6-7-18-8-9-19-11-12(15)10-14/h12-15H,2-11H2,1H3. The Morgan fingerprint density at radius 1 is 0.842 bits per heavy atom. The summed E-state index contributed by atoms with van der Waals surface area (Å²) in [7, 11) is 1.88. The normalized spacial score (nSPS) is 12.8. The molecule has 0 saturated heterocycles. The number of nitrogens with one attached hydrogen (secondary N) is 1. The van der Waals surface area contributed by atoms with Gasteiger partial charge in [0.05, 0.1) is 59.5 Å². The van der Waals surface area contributed by atoms with Gasteiger partial charge in [-0.15, -0.1) is 0 Å². The first-order chi connectivity index (χ1) is 9.31. The van der Waals surface area contributed by atoms with E-state index in [0.29, 0.717) is 46.2 Å². The zero-order valence-corrected chi connectivity index (χ0v) is 11.7. The van der Waals surface area contributed by atoms with Gasteiger partial charge in [-0.1, -0.05) is 0 Å². The van der Waals surface area contributed by atoms with Gasteiger partial charge in [0.1, 0.15) is 6.10 Å². The largest absolute Gasteiger partial charge is 0.394 e. The van der Waals surface area contributed by atoms with E-state index in [1.165, 1.54) is 0 Å². The highest BCUT2D eigenvalue weighted by molar-refractivity contribution is 4.48.